The van der Waals surface area contributed by atoms with E-state index in [1.807, 2.05) is 6.92 Å². The van der Waals surface area contributed by atoms with Crippen LogP contribution in [0.4, 0.5) is 18.3 Å². The minimum Gasteiger partial charge on any atom is -0.296 e. The van der Waals surface area contributed by atoms with Gasteiger partial charge in [-0.15, -0.1) is 10.2 Å². The topological polar surface area (TPSA) is 72.7 Å². The Hall–Kier alpha value is -1.62. The van der Waals surface area contributed by atoms with Crippen LogP contribution in [0.2, 0.25) is 0 Å². The maximum atomic E-state index is 12.2. The van der Waals surface area contributed by atoms with E-state index >= 15 is 0 Å². The molecule has 6 nitrogen and oxygen atoms in total. The summed E-state index contributed by atoms with van der Waals surface area (Å²) in [5.74, 6) is -0.480. The number of nitrogens with zero attached hydrogens (tertiary/aromatic N) is 4. The fraction of sp³-hybridized carbons (Fsp3) is 0.400. The standard InChI is InChI=1S/C10H10F3N5OS2/c1-3-18-5(2)6(4-14-18)7(19)15-8-16-17-9(20-8)21-10(11,12)13/h4H,3H2,1-2H3,(H,15,16,19). The van der Waals surface area contributed by atoms with Gasteiger partial charge in [0.15, 0.2) is 4.34 Å². The van der Waals surface area contributed by atoms with Gasteiger partial charge in [-0.25, -0.2) is 0 Å². The first kappa shape index (κ1) is 15.8. The number of aromatic nitrogens is 4. The van der Waals surface area contributed by atoms with Crippen LogP contribution in [0.1, 0.15) is 23.0 Å². The van der Waals surface area contributed by atoms with Gasteiger partial charge in [-0.3, -0.25) is 14.8 Å². The smallest absolute Gasteiger partial charge is 0.296 e. The minimum atomic E-state index is -4.43. The lowest BCUT2D eigenvalue weighted by molar-refractivity contribution is -0.0328. The zero-order valence-electron chi connectivity index (χ0n) is 10.9. The number of halogens is 3. The van der Waals surface area contributed by atoms with E-state index in [9.17, 15) is 18.0 Å². The predicted octanol–water partition coefficient (Wildman–Crippen LogP) is 2.93. The third-order valence-corrected chi connectivity index (χ3v) is 4.10. The Morgan fingerprint density at radius 1 is 1.48 bits per heavy atom. The fourth-order valence-corrected chi connectivity index (χ4v) is 2.99. The van der Waals surface area contributed by atoms with Gasteiger partial charge in [-0.1, -0.05) is 11.3 Å². The summed E-state index contributed by atoms with van der Waals surface area (Å²) in [6.07, 6.45) is 1.40. The quantitative estimate of drug-likeness (QED) is 0.686. The molecule has 0 aliphatic rings. The van der Waals surface area contributed by atoms with Crippen LogP contribution in [0.5, 0.6) is 0 Å². The summed E-state index contributed by atoms with van der Waals surface area (Å²) >= 11 is 0.295. The lowest BCUT2D eigenvalue weighted by atomic mass is 10.2. The first-order chi connectivity index (χ1) is 9.80. The van der Waals surface area contributed by atoms with Crippen LogP contribution in [-0.2, 0) is 6.54 Å². The van der Waals surface area contributed by atoms with Crippen LogP contribution in [0.3, 0.4) is 0 Å². The van der Waals surface area contributed by atoms with Gasteiger partial charge in [-0.2, -0.15) is 18.3 Å². The molecule has 2 rings (SSSR count). The van der Waals surface area contributed by atoms with E-state index in [0.717, 1.165) is 0 Å². The number of aryl methyl sites for hydroxylation is 1. The minimum absolute atomic E-state index is 0.00963. The lowest BCUT2D eigenvalue weighted by Gasteiger charge is -2.02. The molecule has 0 saturated carbocycles. The van der Waals surface area contributed by atoms with Gasteiger partial charge in [0.2, 0.25) is 5.13 Å². The molecule has 0 bridgehead atoms. The van der Waals surface area contributed by atoms with Gasteiger partial charge in [0.05, 0.1) is 11.8 Å². The van der Waals surface area contributed by atoms with E-state index in [2.05, 4.69) is 20.6 Å². The van der Waals surface area contributed by atoms with Gasteiger partial charge >= 0.3 is 5.51 Å². The summed E-state index contributed by atoms with van der Waals surface area (Å²) in [7, 11) is 0. The van der Waals surface area contributed by atoms with Crippen molar-refractivity contribution in [2.75, 3.05) is 5.32 Å². The van der Waals surface area contributed by atoms with Gasteiger partial charge in [-0.05, 0) is 13.8 Å². The number of anilines is 1. The molecule has 0 atom stereocenters. The number of rotatable bonds is 4. The number of carbonyl (C=O) groups excluding carboxylic acids is 1. The highest BCUT2D eigenvalue weighted by molar-refractivity contribution is 8.01. The zero-order valence-corrected chi connectivity index (χ0v) is 12.6. The molecular weight excluding hydrogens is 327 g/mol. The summed E-state index contributed by atoms with van der Waals surface area (Å²) in [6.45, 7) is 4.23. The second-order valence-electron chi connectivity index (χ2n) is 3.83. The van der Waals surface area contributed by atoms with E-state index in [-0.39, 0.29) is 21.2 Å². The van der Waals surface area contributed by atoms with Crippen molar-refractivity contribution in [3.05, 3.63) is 17.5 Å². The molecule has 0 radical (unpaired) electrons. The van der Waals surface area contributed by atoms with Gasteiger partial charge < -0.3 is 0 Å². The third-order valence-electron chi connectivity index (χ3n) is 2.48. The van der Waals surface area contributed by atoms with Gasteiger partial charge in [0.25, 0.3) is 5.91 Å². The van der Waals surface area contributed by atoms with Crippen molar-refractivity contribution >= 4 is 34.1 Å². The van der Waals surface area contributed by atoms with E-state index in [0.29, 0.717) is 29.1 Å². The van der Waals surface area contributed by atoms with Gasteiger partial charge in [0.1, 0.15) is 0 Å². The highest BCUT2D eigenvalue weighted by atomic mass is 32.2. The Kier molecular flexibility index (Phi) is 4.52. The molecule has 114 valence electrons. The van der Waals surface area contributed by atoms with E-state index in [1.54, 1.807) is 11.6 Å². The average molecular weight is 337 g/mol. The highest BCUT2D eigenvalue weighted by Crippen LogP contribution is 2.39. The summed E-state index contributed by atoms with van der Waals surface area (Å²) < 4.78 is 37.9. The number of amides is 1. The Morgan fingerprint density at radius 3 is 2.76 bits per heavy atom. The lowest BCUT2D eigenvalue weighted by Crippen LogP contribution is -2.13. The van der Waals surface area contributed by atoms with Crippen LogP contribution >= 0.6 is 23.1 Å². The van der Waals surface area contributed by atoms with Crippen LogP contribution in [0.25, 0.3) is 0 Å². The average Bonchev–Trinajstić information content (AvgIpc) is 2.94. The Labute approximate surface area is 125 Å². The number of thioether (sulfide) groups is 1. The SMILES string of the molecule is CCn1ncc(C(=O)Nc2nnc(SC(F)(F)F)s2)c1C. The van der Waals surface area contributed by atoms with Crippen molar-refractivity contribution in [3.8, 4) is 0 Å². The first-order valence-electron chi connectivity index (χ1n) is 5.73. The molecule has 0 aliphatic heterocycles. The monoisotopic (exact) mass is 337 g/mol. The van der Waals surface area contributed by atoms with Crippen LogP contribution in [-0.4, -0.2) is 31.4 Å². The molecule has 0 fully saturated rings. The Bertz CT molecular complexity index is 651. The van der Waals surface area contributed by atoms with Crippen molar-refractivity contribution in [3.63, 3.8) is 0 Å². The molecule has 0 saturated heterocycles. The fourth-order valence-electron chi connectivity index (χ4n) is 1.55. The second kappa shape index (κ2) is 6.02. The van der Waals surface area contributed by atoms with E-state index in [1.165, 1.54) is 6.20 Å². The van der Waals surface area contributed by atoms with Crippen molar-refractivity contribution in [2.45, 2.75) is 30.2 Å². The summed E-state index contributed by atoms with van der Waals surface area (Å²) in [6, 6.07) is 0. The van der Waals surface area contributed by atoms with Crippen molar-refractivity contribution < 1.29 is 18.0 Å². The van der Waals surface area contributed by atoms with Crippen molar-refractivity contribution in [1.82, 2.24) is 20.0 Å². The normalized spacial score (nSPS) is 11.7. The summed E-state index contributed by atoms with van der Waals surface area (Å²) in [5, 5.41) is 13.3. The molecule has 2 heterocycles. The molecule has 11 heteroatoms. The number of hydrogen-bond donors (Lipinski definition) is 1. The van der Waals surface area contributed by atoms with Crippen molar-refractivity contribution in [1.29, 1.82) is 0 Å². The molecular formula is C10H10F3N5OS2. The first-order valence-corrected chi connectivity index (χ1v) is 7.36. The predicted molar refractivity (Wildman–Crippen MR) is 72.4 cm³/mol. The van der Waals surface area contributed by atoms with Crippen LogP contribution < -0.4 is 5.32 Å². The number of hydrogen-bond acceptors (Lipinski definition) is 6. The number of carbonyl (C=O) groups is 1. The molecule has 0 unspecified atom stereocenters. The number of alkyl halides is 3. The molecule has 0 aliphatic carbocycles. The molecule has 0 spiro atoms. The maximum absolute atomic E-state index is 12.2. The summed E-state index contributed by atoms with van der Waals surface area (Å²) in [4.78, 5) is 12.0. The van der Waals surface area contributed by atoms with Crippen LogP contribution in [0, 0.1) is 6.92 Å². The number of nitrogens with one attached hydrogen (secondary N) is 1. The van der Waals surface area contributed by atoms with Gasteiger partial charge in [0, 0.05) is 24.0 Å². The molecule has 1 amide bonds. The second-order valence-corrected chi connectivity index (χ2v) is 6.12. The van der Waals surface area contributed by atoms with E-state index < -0.39 is 11.4 Å². The highest BCUT2D eigenvalue weighted by Gasteiger charge is 2.31. The maximum Gasteiger partial charge on any atom is 0.448 e. The Morgan fingerprint density at radius 2 is 2.19 bits per heavy atom. The molecule has 2 aromatic rings. The summed E-state index contributed by atoms with van der Waals surface area (Å²) in [5.41, 5.74) is -3.42. The third kappa shape index (κ3) is 3.94. The van der Waals surface area contributed by atoms with Crippen molar-refractivity contribution in [2.24, 2.45) is 0 Å². The molecule has 0 aromatic carbocycles. The molecule has 1 N–H and O–H groups in total. The van der Waals surface area contributed by atoms with E-state index in [4.69, 9.17) is 0 Å². The zero-order chi connectivity index (χ0) is 15.6. The molecule has 21 heavy (non-hydrogen) atoms. The largest absolute Gasteiger partial charge is 0.448 e. The van der Waals surface area contributed by atoms with Crippen LogP contribution in [0.15, 0.2) is 10.5 Å². The molecule has 2 aromatic heterocycles. The Balaban J connectivity index is 2.08.